The maximum atomic E-state index is 13.4. The number of aromatic nitrogens is 4. The van der Waals surface area contributed by atoms with Crippen molar-refractivity contribution in [3.8, 4) is 5.75 Å². The zero-order chi connectivity index (χ0) is 24.7. The van der Waals surface area contributed by atoms with E-state index in [9.17, 15) is 22.8 Å². The maximum absolute atomic E-state index is 13.4. The number of hydrogen-bond donors (Lipinski definition) is 0. The van der Waals surface area contributed by atoms with E-state index in [1.54, 1.807) is 17.5 Å². The van der Waals surface area contributed by atoms with Gasteiger partial charge in [-0.15, -0.1) is 16.4 Å². The van der Waals surface area contributed by atoms with Crippen molar-refractivity contribution >= 4 is 27.3 Å². The Labute approximate surface area is 200 Å². The molecule has 0 radical (unpaired) electrons. The molecule has 0 saturated carbocycles. The second kappa shape index (κ2) is 8.73. The van der Waals surface area contributed by atoms with Crippen LogP contribution in [0.3, 0.4) is 0 Å². The molecule has 0 N–H and O–H groups in total. The fraction of sp³-hybridized carbons (Fsp3) is 0.208. The summed E-state index contributed by atoms with van der Waals surface area (Å²) in [7, 11) is 0. The van der Waals surface area contributed by atoms with Gasteiger partial charge in [0.25, 0.3) is 5.56 Å². The molecule has 0 aliphatic heterocycles. The highest BCUT2D eigenvalue weighted by atomic mass is 32.1. The number of rotatable bonds is 6. The summed E-state index contributed by atoms with van der Waals surface area (Å²) in [4.78, 5) is 26.7. The maximum Gasteiger partial charge on any atom is 0.416 e. The van der Waals surface area contributed by atoms with Gasteiger partial charge in [0.1, 0.15) is 10.4 Å². The Morgan fingerprint density at radius 1 is 1.03 bits per heavy atom. The third-order valence-corrected chi connectivity index (χ3v) is 6.47. The van der Waals surface area contributed by atoms with Crippen LogP contribution in [0.2, 0.25) is 0 Å². The van der Waals surface area contributed by atoms with Gasteiger partial charge >= 0.3 is 11.9 Å². The molecular weight excluding hydrogens is 481 g/mol. The van der Waals surface area contributed by atoms with Gasteiger partial charge in [0.2, 0.25) is 5.78 Å². The molecule has 0 fully saturated rings. The Bertz CT molecular complexity index is 1660. The molecule has 0 unspecified atom stereocenters. The lowest BCUT2D eigenvalue weighted by Gasteiger charge is -2.12. The van der Waals surface area contributed by atoms with E-state index in [0.717, 1.165) is 22.4 Å². The summed E-state index contributed by atoms with van der Waals surface area (Å²) in [6.45, 7) is 2.22. The average molecular weight is 501 g/mol. The molecule has 0 saturated heterocycles. The first-order valence-corrected chi connectivity index (χ1v) is 11.6. The topological polar surface area (TPSA) is 70.5 Å². The Morgan fingerprint density at radius 3 is 2.60 bits per heavy atom. The van der Waals surface area contributed by atoms with E-state index in [-0.39, 0.29) is 30.0 Å². The fourth-order valence-electron chi connectivity index (χ4n) is 4.00. The number of ether oxygens (including phenoxy) is 1. The van der Waals surface area contributed by atoms with Crippen molar-refractivity contribution in [3.05, 3.63) is 97.5 Å². The molecule has 0 aliphatic rings. The Morgan fingerprint density at radius 2 is 1.83 bits per heavy atom. The quantitative estimate of drug-likeness (QED) is 0.347. The summed E-state index contributed by atoms with van der Waals surface area (Å²) >= 11 is 1.21. The lowest BCUT2D eigenvalue weighted by Crippen LogP contribution is -2.26. The highest BCUT2D eigenvalue weighted by Gasteiger charge is 2.30. The number of fused-ring (bicyclic) bond motifs is 3. The molecule has 3 heterocycles. The van der Waals surface area contributed by atoms with Crippen LogP contribution in [0.25, 0.3) is 16.0 Å². The van der Waals surface area contributed by atoms with Crippen LogP contribution in [0.4, 0.5) is 13.2 Å². The standard InChI is InChI=1S/C24H19F3N4O3S/c1-2-34-19-9-4-3-7-16(19)14-29-21(32)20-18(10-11-35-20)31-22(29)28-30(23(31)33)13-15-6-5-8-17(12-15)24(25,26)27/h3-12H,2,13-14H2,1H3. The van der Waals surface area contributed by atoms with Crippen LogP contribution in [0.15, 0.2) is 69.6 Å². The second-order valence-corrected chi connectivity index (χ2v) is 8.76. The van der Waals surface area contributed by atoms with Crippen LogP contribution in [0.5, 0.6) is 5.75 Å². The van der Waals surface area contributed by atoms with Crippen LogP contribution in [0.1, 0.15) is 23.6 Å². The molecule has 7 nitrogen and oxygen atoms in total. The highest BCUT2D eigenvalue weighted by Crippen LogP contribution is 2.29. The van der Waals surface area contributed by atoms with Crippen LogP contribution >= 0.6 is 11.3 Å². The normalized spacial score (nSPS) is 12.0. The van der Waals surface area contributed by atoms with Crippen LogP contribution in [-0.4, -0.2) is 25.4 Å². The Balaban J connectivity index is 1.67. The molecule has 180 valence electrons. The lowest BCUT2D eigenvalue weighted by atomic mass is 10.1. The summed E-state index contributed by atoms with van der Waals surface area (Å²) in [5.74, 6) is 0.709. The molecule has 0 spiro atoms. The van der Waals surface area contributed by atoms with Crippen LogP contribution < -0.4 is 16.0 Å². The van der Waals surface area contributed by atoms with Crippen molar-refractivity contribution in [2.24, 2.45) is 0 Å². The minimum Gasteiger partial charge on any atom is -0.494 e. The largest absolute Gasteiger partial charge is 0.494 e. The SMILES string of the molecule is CCOc1ccccc1Cn1c(=O)c2sccc2n2c(=O)n(Cc3cccc(C(F)(F)F)c3)nc12. The number of hydrogen-bond acceptors (Lipinski definition) is 5. The molecule has 0 amide bonds. The minimum absolute atomic E-state index is 0.101. The first kappa shape index (κ1) is 22.9. The summed E-state index contributed by atoms with van der Waals surface area (Å²) in [5.41, 5.74) is -0.268. The van der Waals surface area contributed by atoms with Crippen molar-refractivity contribution in [1.82, 2.24) is 18.7 Å². The summed E-state index contributed by atoms with van der Waals surface area (Å²) < 4.78 is 49.3. The second-order valence-electron chi connectivity index (χ2n) is 7.84. The molecule has 0 aliphatic carbocycles. The Kier molecular flexibility index (Phi) is 5.72. The highest BCUT2D eigenvalue weighted by molar-refractivity contribution is 7.17. The average Bonchev–Trinajstić information content (AvgIpc) is 3.43. The fourth-order valence-corrected chi connectivity index (χ4v) is 4.82. The number of alkyl halides is 3. The van der Waals surface area contributed by atoms with Gasteiger partial charge in [-0.1, -0.05) is 30.3 Å². The van der Waals surface area contributed by atoms with E-state index in [2.05, 4.69) is 5.10 Å². The van der Waals surface area contributed by atoms with Gasteiger partial charge in [0.15, 0.2) is 0 Å². The van der Waals surface area contributed by atoms with Gasteiger partial charge in [0.05, 0.1) is 30.8 Å². The summed E-state index contributed by atoms with van der Waals surface area (Å²) in [6, 6.07) is 13.7. The molecule has 3 aromatic heterocycles. The Hall–Kier alpha value is -3.86. The van der Waals surface area contributed by atoms with E-state index >= 15 is 0 Å². The minimum atomic E-state index is -4.50. The third kappa shape index (κ3) is 4.12. The van der Waals surface area contributed by atoms with Gasteiger partial charge in [-0.25, -0.2) is 13.9 Å². The van der Waals surface area contributed by atoms with E-state index in [0.29, 0.717) is 22.6 Å². The number of thiophene rings is 1. The van der Waals surface area contributed by atoms with Crippen molar-refractivity contribution < 1.29 is 17.9 Å². The zero-order valence-corrected chi connectivity index (χ0v) is 19.3. The number of para-hydroxylation sites is 1. The number of benzene rings is 2. The van der Waals surface area contributed by atoms with Crippen molar-refractivity contribution in [2.45, 2.75) is 26.2 Å². The van der Waals surface area contributed by atoms with Crippen molar-refractivity contribution in [3.63, 3.8) is 0 Å². The molecule has 0 bridgehead atoms. The number of nitrogens with zero attached hydrogens (tertiary/aromatic N) is 4. The van der Waals surface area contributed by atoms with E-state index < -0.39 is 17.4 Å². The molecular formula is C24H19F3N4O3S. The van der Waals surface area contributed by atoms with Crippen molar-refractivity contribution in [2.75, 3.05) is 6.61 Å². The van der Waals surface area contributed by atoms with Gasteiger partial charge in [0, 0.05) is 5.56 Å². The molecule has 11 heteroatoms. The first-order valence-electron chi connectivity index (χ1n) is 10.7. The molecule has 5 rings (SSSR count). The van der Waals surface area contributed by atoms with Gasteiger partial charge in [-0.3, -0.25) is 9.36 Å². The van der Waals surface area contributed by atoms with Crippen LogP contribution in [0, 0.1) is 0 Å². The van der Waals surface area contributed by atoms with Gasteiger partial charge in [-0.2, -0.15) is 13.2 Å². The van der Waals surface area contributed by atoms with Gasteiger partial charge < -0.3 is 4.74 Å². The summed E-state index contributed by atoms with van der Waals surface area (Å²) in [5, 5.41) is 6.08. The van der Waals surface area contributed by atoms with Crippen LogP contribution in [-0.2, 0) is 19.3 Å². The van der Waals surface area contributed by atoms with E-state index in [1.807, 2.05) is 25.1 Å². The van der Waals surface area contributed by atoms with Crippen molar-refractivity contribution in [1.29, 1.82) is 0 Å². The monoisotopic (exact) mass is 500 g/mol. The predicted molar refractivity (Wildman–Crippen MR) is 126 cm³/mol. The zero-order valence-electron chi connectivity index (χ0n) is 18.5. The third-order valence-electron chi connectivity index (χ3n) is 5.58. The molecule has 5 aromatic rings. The molecule has 2 aromatic carbocycles. The smallest absolute Gasteiger partial charge is 0.416 e. The molecule has 35 heavy (non-hydrogen) atoms. The molecule has 0 atom stereocenters. The summed E-state index contributed by atoms with van der Waals surface area (Å²) in [6.07, 6.45) is -4.50. The van der Waals surface area contributed by atoms with E-state index in [1.165, 1.54) is 32.4 Å². The first-order chi connectivity index (χ1) is 16.8. The lowest BCUT2D eigenvalue weighted by molar-refractivity contribution is -0.137. The predicted octanol–water partition coefficient (Wildman–Crippen LogP) is 4.39. The van der Waals surface area contributed by atoms with E-state index in [4.69, 9.17) is 4.74 Å². The van der Waals surface area contributed by atoms with Gasteiger partial charge in [-0.05, 0) is 42.1 Å². The number of halogens is 3.